The quantitative estimate of drug-likeness (QED) is 0.825. The van der Waals surface area contributed by atoms with Crippen molar-refractivity contribution in [1.29, 1.82) is 0 Å². The molecule has 0 bridgehead atoms. The molecule has 1 N–H and O–H groups in total. The van der Waals surface area contributed by atoms with Crippen LogP contribution in [0.3, 0.4) is 0 Å². The van der Waals surface area contributed by atoms with Gasteiger partial charge < -0.3 is 10.1 Å². The maximum atomic E-state index is 12.5. The number of ether oxygens (including phenoxy) is 1. The zero-order valence-corrected chi connectivity index (χ0v) is 16.5. The van der Waals surface area contributed by atoms with Crippen LogP contribution in [0.15, 0.2) is 6.07 Å². The Hall–Kier alpha value is -2.51. The van der Waals surface area contributed by atoms with Crippen LogP contribution < -0.4 is 5.32 Å². The van der Waals surface area contributed by atoms with Crippen LogP contribution in [0.5, 0.6) is 0 Å². The Balaban J connectivity index is 1.65. The summed E-state index contributed by atoms with van der Waals surface area (Å²) in [6.07, 6.45) is 2.33. The molecule has 1 aliphatic rings. The van der Waals surface area contributed by atoms with Crippen molar-refractivity contribution in [3.05, 3.63) is 23.3 Å². The fraction of sp³-hybridized carbons (Fsp3) is 0.632. The number of nitrogens with zero attached hydrogens (tertiary/aromatic N) is 4. The third kappa shape index (κ3) is 4.09. The third-order valence-corrected chi connectivity index (χ3v) is 5.49. The predicted molar refractivity (Wildman–Crippen MR) is 99.2 cm³/mol. The van der Waals surface area contributed by atoms with Crippen molar-refractivity contribution >= 4 is 17.7 Å². The lowest BCUT2D eigenvalue weighted by molar-refractivity contribution is -0.130. The molecular formula is C19H27N5O3. The highest BCUT2D eigenvalue weighted by molar-refractivity contribution is 5.89. The fourth-order valence-electron chi connectivity index (χ4n) is 3.61. The van der Waals surface area contributed by atoms with Crippen molar-refractivity contribution in [2.45, 2.75) is 66.0 Å². The molecule has 3 rings (SSSR count). The number of rotatable bonds is 4. The van der Waals surface area contributed by atoms with Gasteiger partial charge in [-0.2, -0.15) is 4.98 Å². The molecule has 4 atom stereocenters. The summed E-state index contributed by atoms with van der Waals surface area (Å²) >= 11 is 0. The van der Waals surface area contributed by atoms with Gasteiger partial charge in [-0.1, -0.05) is 26.7 Å². The topological polar surface area (TPSA) is 98.5 Å². The van der Waals surface area contributed by atoms with Gasteiger partial charge in [-0.15, -0.1) is 5.10 Å². The summed E-state index contributed by atoms with van der Waals surface area (Å²) < 4.78 is 6.77. The first-order valence-electron chi connectivity index (χ1n) is 9.48. The van der Waals surface area contributed by atoms with Crippen molar-refractivity contribution in [3.63, 3.8) is 0 Å². The number of hydrogen-bond acceptors (Lipinski definition) is 6. The minimum absolute atomic E-state index is 0.101. The SMILES string of the molecule is Cc1cc(C)n2nc(C(=O)O[C@@H](C)C(=O)N[C@@H]3CCC[C@H](C)[C@@H]3C)nc2n1. The summed E-state index contributed by atoms with van der Waals surface area (Å²) in [7, 11) is 0. The van der Waals surface area contributed by atoms with Gasteiger partial charge in [0.15, 0.2) is 6.10 Å². The van der Waals surface area contributed by atoms with E-state index in [0.717, 1.165) is 24.2 Å². The molecule has 8 heteroatoms. The average Bonchev–Trinajstić information content (AvgIpc) is 3.03. The second-order valence-corrected chi connectivity index (χ2v) is 7.62. The van der Waals surface area contributed by atoms with Crippen molar-refractivity contribution in [3.8, 4) is 0 Å². The summed E-state index contributed by atoms with van der Waals surface area (Å²) in [5.41, 5.74) is 1.60. The van der Waals surface area contributed by atoms with E-state index in [1.165, 1.54) is 10.9 Å². The normalized spacial score (nSPS) is 23.8. The molecule has 1 fully saturated rings. The Kier molecular flexibility index (Phi) is 5.43. The van der Waals surface area contributed by atoms with E-state index in [0.29, 0.717) is 17.6 Å². The van der Waals surface area contributed by atoms with E-state index in [4.69, 9.17) is 4.74 Å². The first-order valence-corrected chi connectivity index (χ1v) is 9.48. The van der Waals surface area contributed by atoms with Gasteiger partial charge in [0.1, 0.15) is 0 Å². The molecule has 2 aromatic rings. The van der Waals surface area contributed by atoms with E-state index in [-0.39, 0.29) is 17.8 Å². The summed E-state index contributed by atoms with van der Waals surface area (Å²) in [5.74, 6) is 0.192. The van der Waals surface area contributed by atoms with Gasteiger partial charge in [0, 0.05) is 17.4 Å². The second kappa shape index (κ2) is 7.62. The standard InChI is InChI=1S/C19H27N5O3/c1-10-7-6-8-15(13(10)4)21-17(25)14(5)27-18(26)16-22-19-20-11(2)9-12(3)24(19)23-16/h9-10,13-15H,6-8H2,1-5H3,(H,21,25)/t10-,13-,14-,15+/m0/s1. The van der Waals surface area contributed by atoms with Crippen LogP contribution >= 0.6 is 0 Å². The molecule has 2 heterocycles. The van der Waals surface area contributed by atoms with Crippen LogP contribution in [0.2, 0.25) is 0 Å². The molecule has 1 aliphatic carbocycles. The molecule has 146 valence electrons. The third-order valence-electron chi connectivity index (χ3n) is 5.49. The van der Waals surface area contributed by atoms with Crippen LogP contribution in [-0.2, 0) is 9.53 Å². The zero-order chi connectivity index (χ0) is 19.7. The van der Waals surface area contributed by atoms with E-state index in [9.17, 15) is 9.59 Å². The highest BCUT2D eigenvalue weighted by atomic mass is 16.5. The number of esters is 1. The van der Waals surface area contributed by atoms with Gasteiger partial charge in [-0.05, 0) is 45.1 Å². The van der Waals surface area contributed by atoms with Gasteiger partial charge in [0.25, 0.3) is 17.5 Å². The second-order valence-electron chi connectivity index (χ2n) is 7.62. The maximum absolute atomic E-state index is 12.5. The molecule has 2 aromatic heterocycles. The molecule has 27 heavy (non-hydrogen) atoms. The lowest BCUT2D eigenvalue weighted by atomic mass is 9.78. The molecule has 0 spiro atoms. The summed E-state index contributed by atoms with van der Waals surface area (Å²) in [5, 5.41) is 7.16. The number of nitrogens with one attached hydrogen (secondary N) is 1. The molecule has 0 saturated heterocycles. The molecular weight excluding hydrogens is 346 g/mol. The van der Waals surface area contributed by atoms with Crippen molar-refractivity contribution < 1.29 is 14.3 Å². The van der Waals surface area contributed by atoms with Gasteiger partial charge in [0.2, 0.25) is 0 Å². The molecule has 0 radical (unpaired) electrons. The molecule has 8 nitrogen and oxygen atoms in total. The van der Waals surface area contributed by atoms with Crippen molar-refractivity contribution in [2.24, 2.45) is 11.8 Å². The van der Waals surface area contributed by atoms with Gasteiger partial charge in [0.05, 0.1) is 0 Å². The monoisotopic (exact) mass is 373 g/mol. The lowest BCUT2D eigenvalue weighted by Crippen LogP contribution is -2.47. The lowest BCUT2D eigenvalue weighted by Gasteiger charge is -2.35. The maximum Gasteiger partial charge on any atom is 0.379 e. The first-order chi connectivity index (χ1) is 12.8. The Morgan fingerprint density at radius 1 is 1.26 bits per heavy atom. The minimum atomic E-state index is -0.913. The highest BCUT2D eigenvalue weighted by Crippen LogP contribution is 2.29. The largest absolute Gasteiger partial charge is 0.447 e. The van der Waals surface area contributed by atoms with Gasteiger partial charge >= 0.3 is 5.97 Å². The number of aromatic nitrogens is 4. The summed E-state index contributed by atoms with van der Waals surface area (Å²) in [4.78, 5) is 33.2. The number of fused-ring (bicyclic) bond motifs is 1. The van der Waals surface area contributed by atoms with E-state index < -0.39 is 12.1 Å². The zero-order valence-electron chi connectivity index (χ0n) is 16.5. The number of carbonyl (C=O) groups excluding carboxylic acids is 2. The number of aryl methyl sites for hydroxylation is 2. The molecule has 0 aliphatic heterocycles. The Bertz CT molecular complexity index is 862. The predicted octanol–water partition coefficient (Wildman–Crippen LogP) is 2.23. The number of hydrogen-bond donors (Lipinski definition) is 1. The van der Waals surface area contributed by atoms with Crippen LogP contribution in [0.4, 0.5) is 0 Å². The highest BCUT2D eigenvalue weighted by Gasteiger charge is 2.30. The van der Waals surface area contributed by atoms with Crippen LogP contribution in [0.1, 0.15) is 62.0 Å². The first kappa shape index (κ1) is 19.3. The van der Waals surface area contributed by atoms with Gasteiger partial charge in [-0.3, -0.25) is 4.79 Å². The van der Waals surface area contributed by atoms with E-state index in [1.54, 1.807) is 6.92 Å². The number of carbonyl (C=O) groups is 2. The van der Waals surface area contributed by atoms with Crippen LogP contribution in [0.25, 0.3) is 5.78 Å². The van der Waals surface area contributed by atoms with E-state index in [2.05, 4.69) is 34.2 Å². The summed E-state index contributed by atoms with van der Waals surface area (Å²) in [6.45, 7) is 9.63. The van der Waals surface area contributed by atoms with Gasteiger partial charge in [-0.25, -0.2) is 14.3 Å². The van der Waals surface area contributed by atoms with Crippen molar-refractivity contribution in [1.82, 2.24) is 24.9 Å². The smallest absolute Gasteiger partial charge is 0.379 e. The van der Waals surface area contributed by atoms with Crippen molar-refractivity contribution in [2.75, 3.05) is 0 Å². The molecule has 0 aromatic carbocycles. The summed E-state index contributed by atoms with van der Waals surface area (Å²) in [6, 6.07) is 1.96. The molecule has 0 unspecified atom stereocenters. The fourth-order valence-corrected chi connectivity index (χ4v) is 3.61. The average molecular weight is 373 g/mol. The molecule has 1 saturated carbocycles. The van der Waals surface area contributed by atoms with E-state index in [1.807, 2.05) is 19.9 Å². The van der Waals surface area contributed by atoms with Crippen LogP contribution in [0, 0.1) is 25.7 Å². The Morgan fingerprint density at radius 2 is 2.00 bits per heavy atom. The Labute approximate surface area is 158 Å². The van der Waals surface area contributed by atoms with Crippen LogP contribution in [-0.4, -0.2) is 43.6 Å². The minimum Gasteiger partial charge on any atom is -0.447 e. The molecule has 1 amide bonds. The number of amides is 1. The Morgan fingerprint density at radius 3 is 2.74 bits per heavy atom. The van der Waals surface area contributed by atoms with E-state index >= 15 is 0 Å².